The van der Waals surface area contributed by atoms with Crippen molar-refractivity contribution in [2.75, 3.05) is 0 Å². The highest BCUT2D eigenvalue weighted by Crippen LogP contribution is 2.27. The summed E-state index contributed by atoms with van der Waals surface area (Å²) < 4.78 is 0. The van der Waals surface area contributed by atoms with E-state index >= 15 is 0 Å². The molecule has 17 heavy (non-hydrogen) atoms. The van der Waals surface area contributed by atoms with E-state index in [1.54, 1.807) is 11.3 Å². The second-order valence-electron chi connectivity index (χ2n) is 4.48. The van der Waals surface area contributed by atoms with E-state index < -0.39 is 0 Å². The van der Waals surface area contributed by atoms with Crippen LogP contribution in [0.25, 0.3) is 10.6 Å². The number of aromatic nitrogens is 2. The number of nitrogens with one attached hydrogen (secondary N) is 1. The Morgan fingerprint density at radius 1 is 1.41 bits per heavy atom. The molecule has 0 radical (unpaired) electrons. The topological polar surface area (TPSA) is 37.8 Å². The lowest BCUT2D eigenvalue weighted by atomic mass is 10.2. The zero-order chi connectivity index (χ0) is 11.7. The van der Waals surface area contributed by atoms with Crippen molar-refractivity contribution in [3.8, 4) is 10.6 Å². The molecule has 0 aliphatic heterocycles. The Hall–Kier alpha value is -1.26. The Balaban J connectivity index is 1.77. The van der Waals surface area contributed by atoms with Crippen LogP contribution in [0.15, 0.2) is 24.7 Å². The van der Waals surface area contributed by atoms with Crippen molar-refractivity contribution in [2.45, 2.75) is 32.4 Å². The third kappa shape index (κ3) is 2.53. The molecule has 0 atom stereocenters. The predicted molar refractivity (Wildman–Crippen MR) is 69.9 cm³/mol. The molecule has 88 valence electrons. The molecule has 2 aromatic heterocycles. The van der Waals surface area contributed by atoms with Crippen LogP contribution in [0, 0.1) is 6.92 Å². The molecule has 1 saturated carbocycles. The van der Waals surface area contributed by atoms with Gasteiger partial charge >= 0.3 is 0 Å². The lowest BCUT2D eigenvalue weighted by Gasteiger charge is -2.00. The van der Waals surface area contributed by atoms with Gasteiger partial charge in [-0.3, -0.25) is 4.98 Å². The van der Waals surface area contributed by atoms with Gasteiger partial charge in [-0.1, -0.05) is 0 Å². The summed E-state index contributed by atoms with van der Waals surface area (Å²) in [4.78, 5) is 9.95. The summed E-state index contributed by atoms with van der Waals surface area (Å²) >= 11 is 1.76. The van der Waals surface area contributed by atoms with Crippen LogP contribution in [0.2, 0.25) is 0 Å². The van der Waals surface area contributed by atoms with E-state index in [0.717, 1.165) is 23.2 Å². The number of hydrogen-bond acceptors (Lipinski definition) is 4. The average Bonchev–Trinajstić information content (AvgIpc) is 3.06. The molecule has 0 unspecified atom stereocenters. The van der Waals surface area contributed by atoms with Crippen molar-refractivity contribution in [1.82, 2.24) is 15.3 Å². The van der Waals surface area contributed by atoms with Crippen molar-refractivity contribution in [3.05, 3.63) is 35.1 Å². The van der Waals surface area contributed by atoms with Crippen LogP contribution in [0.1, 0.15) is 23.3 Å². The standard InChI is InChI=1S/C13H15N3S/c1-9-4-5-14-8-12(9)13-16-7-11(17-13)6-15-10-2-3-10/h4-5,7-8,10,15H,2-3,6H2,1H3. The first-order valence-corrected chi connectivity index (χ1v) is 6.73. The SMILES string of the molecule is Cc1ccncc1-c1ncc(CNC2CC2)s1. The Labute approximate surface area is 105 Å². The fourth-order valence-corrected chi connectivity index (χ4v) is 2.67. The smallest absolute Gasteiger partial charge is 0.125 e. The number of thiazole rings is 1. The Morgan fingerprint density at radius 3 is 3.06 bits per heavy atom. The minimum Gasteiger partial charge on any atom is -0.309 e. The van der Waals surface area contributed by atoms with Crippen LogP contribution in [0.5, 0.6) is 0 Å². The van der Waals surface area contributed by atoms with Crippen LogP contribution >= 0.6 is 11.3 Å². The number of hydrogen-bond donors (Lipinski definition) is 1. The van der Waals surface area contributed by atoms with Gasteiger partial charge < -0.3 is 5.32 Å². The van der Waals surface area contributed by atoms with Crippen LogP contribution < -0.4 is 5.32 Å². The summed E-state index contributed by atoms with van der Waals surface area (Å²) in [5.74, 6) is 0. The third-order valence-corrected chi connectivity index (χ3v) is 4.00. The van der Waals surface area contributed by atoms with Gasteiger partial charge in [0, 0.05) is 41.6 Å². The maximum atomic E-state index is 4.48. The van der Waals surface area contributed by atoms with E-state index in [2.05, 4.69) is 22.2 Å². The van der Waals surface area contributed by atoms with Gasteiger partial charge in [0.1, 0.15) is 5.01 Å². The Morgan fingerprint density at radius 2 is 2.29 bits per heavy atom. The zero-order valence-electron chi connectivity index (χ0n) is 9.81. The first-order valence-electron chi connectivity index (χ1n) is 5.92. The predicted octanol–water partition coefficient (Wildman–Crippen LogP) is 2.77. The minimum absolute atomic E-state index is 0.751. The van der Waals surface area contributed by atoms with Crippen molar-refractivity contribution in [1.29, 1.82) is 0 Å². The molecule has 0 spiro atoms. The molecular formula is C13H15N3S. The number of pyridine rings is 1. The fourth-order valence-electron chi connectivity index (χ4n) is 1.73. The Bertz CT molecular complexity index is 517. The van der Waals surface area contributed by atoms with Gasteiger partial charge in [0.05, 0.1) is 0 Å². The maximum Gasteiger partial charge on any atom is 0.125 e. The molecule has 0 amide bonds. The molecular weight excluding hydrogens is 230 g/mol. The summed E-state index contributed by atoms with van der Waals surface area (Å²) in [6.45, 7) is 3.04. The minimum atomic E-state index is 0.751. The number of rotatable bonds is 4. The third-order valence-electron chi connectivity index (χ3n) is 2.97. The average molecular weight is 245 g/mol. The molecule has 0 aromatic carbocycles. The van der Waals surface area contributed by atoms with Crippen molar-refractivity contribution < 1.29 is 0 Å². The Kier molecular flexibility index (Phi) is 2.91. The first-order chi connectivity index (χ1) is 8.33. The summed E-state index contributed by atoms with van der Waals surface area (Å²) in [5, 5.41) is 4.58. The first kappa shape index (κ1) is 10.9. The molecule has 3 nitrogen and oxygen atoms in total. The molecule has 1 aliphatic carbocycles. The van der Waals surface area contributed by atoms with Gasteiger partial charge in [-0.05, 0) is 31.4 Å². The highest BCUT2D eigenvalue weighted by molar-refractivity contribution is 7.15. The van der Waals surface area contributed by atoms with Crippen molar-refractivity contribution >= 4 is 11.3 Å². The maximum absolute atomic E-state index is 4.48. The van der Waals surface area contributed by atoms with Crippen molar-refractivity contribution in [3.63, 3.8) is 0 Å². The molecule has 0 saturated heterocycles. The normalized spacial score (nSPS) is 15.1. The van der Waals surface area contributed by atoms with E-state index in [1.165, 1.54) is 23.3 Å². The second-order valence-corrected chi connectivity index (χ2v) is 5.59. The van der Waals surface area contributed by atoms with Gasteiger partial charge in [-0.15, -0.1) is 11.3 Å². The van der Waals surface area contributed by atoms with E-state index in [9.17, 15) is 0 Å². The highest BCUT2D eigenvalue weighted by atomic mass is 32.1. The molecule has 0 bridgehead atoms. The van der Waals surface area contributed by atoms with Gasteiger partial charge in [-0.25, -0.2) is 4.98 Å². The molecule has 1 N–H and O–H groups in total. The van der Waals surface area contributed by atoms with E-state index in [0.29, 0.717) is 0 Å². The fraction of sp³-hybridized carbons (Fsp3) is 0.385. The summed E-state index contributed by atoms with van der Waals surface area (Å²) in [6.07, 6.45) is 8.34. The zero-order valence-corrected chi connectivity index (χ0v) is 10.6. The van der Waals surface area contributed by atoms with E-state index in [1.807, 2.05) is 24.7 Å². The molecule has 1 aliphatic rings. The van der Waals surface area contributed by atoms with Gasteiger partial charge in [0.15, 0.2) is 0 Å². The molecule has 2 aromatic rings. The van der Waals surface area contributed by atoms with Gasteiger partial charge in [0.2, 0.25) is 0 Å². The van der Waals surface area contributed by atoms with Crippen LogP contribution in [0.4, 0.5) is 0 Å². The van der Waals surface area contributed by atoms with Crippen molar-refractivity contribution in [2.24, 2.45) is 0 Å². The lowest BCUT2D eigenvalue weighted by Crippen LogP contribution is -2.14. The highest BCUT2D eigenvalue weighted by Gasteiger charge is 2.20. The monoisotopic (exact) mass is 245 g/mol. The van der Waals surface area contributed by atoms with E-state index in [-0.39, 0.29) is 0 Å². The van der Waals surface area contributed by atoms with Gasteiger partial charge in [0.25, 0.3) is 0 Å². The summed E-state index contributed by atoms with van der Waals surface area (Å²) in [6, 6.07) is 2.78. The number of nitrogens with zero attached hydrogens (tertiary/aromatic N) is 2. The van der Waals surface area contributed by atoms with Crippen LogP contribution in [-0.2, 0) is 6.54 Å². The van der Waals surface area contributed by atoms with Crippen LogP contribution in [0.3, 0.4) is 0 Å². The lowest BCUT2D eigenvalue weighted by molar-refractivity contribution is 0.694. The molecule has 3 rings (SSSR count). The molecule has 2 heterocycles. The molecule has 1 fully saturated rings. The molecule has 4 heteroatoms. The van der Waals surface area contributed by atoms with E-state index in [4.69, 9.17) is 0 Å². The second kappa shape index (κ2) is 4.55. The summed E-state index contributed by atoms with van der Waals surface area (Å²) in [5.41, 5.74) is 2.38. The quantitative estimate of drug-likeness (QED) is 0.900. The largest absolute Gasteiger partial charge is 0.309 e. The summed E-state index contributed by atoms with van der Waals surface area (Å²) in [7, 11) is 0. The van der Waals surface area contributed by atoms with Gasteiger partial charge in [-0.2, -0.15) is 0 Å². The number of aryl methyl sites for hydroxylation is 1. The van der Waals surface area contributed by atoms with Crippen LogP contribution in [-0.4, -0.2) is 16.0 Å².